The van der Waals surface area contributed by atoms with E-state index in [4.69, 9.17) is 9.16 Å². The van der Waals surface area contributed by atoms with Gasteiger partial charge in [-0.3, -0.25) is 4.79 Å². The average molecular weight is 627 g/mol. The van der Waals surface area contributed by atoms with Crippen molar-refractivity contribution in [1.82, 2.24) is 0 Å². The van der Waals surface area contributed by atoms with Crippen LogP contribution in [0.25, 0.3) is 0 Å². The van der Waals surface area contributed by atoms with Gasteiger partial charge in [-0.15, -0.1) is 13.2 Å². The Hall–Kier alpha value is -1.74. The summed E-state index contributed by atoms with van der Waals surface area (Å²) >= 11 is 0. The topological polar surface area (TPSA) is 55.8 Å². The van der Waals surface area contributed by atoms with E-state index in [1.54, 1.807) is 0 Å². The lowest BCUT2D eigenvalue weighted by Crippen LogP contribution is -2.45. The summed E-state index contributed by atoms with van der Waals surface area (Å²) < 4.78 is 13.3. The van der Waals surface area contributed by atoms with Gasteiger partial charge in [0.25, 0.3) is 0 Å². The molecule has 0 amide bonds. The van der Waals surface area contributed by atoms with Gasteiger partial charge in [0.1, 0.15) is 6.10 Å². The highest BCUT2D eigenvalue weighted by molar-refractivity contribution is 6.74. The van der Waals surface area contributed by atoms with Gasteiger partial charge in [0.15, 0.2) is 16.6 Å². The molecule has 1 aromatic carbocycles. The van der Waals surface area contributed by atoms with Crippen LogP contribution in [-0.4, -0.2) is 39.6 Å². The number of allylic oxidation sites excluding steroid dienone is 3. The van der Waals surface area contributed by atoms with Crippen molar-refractivity contribution in [2.24, 2.45) is 17.8 Å². The summed E-state index contributed by atoms with van der Waals surface area (Å²) in [4.78, 5) is 24.0. The van der Waals surface area contributed by atoms with Crippen LogP contribution < -0.4 is 0 Å². The third-order valence-corrected chi connectivity index (χ3v) is 18.3. The second kappa shape index (κ2) is 16.0. The normalized spacial score (nSPS) is 22.5. The number of ether oxygens (including phenoxy) is 1. The molecule has 0 aromatic heterocycles. The van der Waals surface area contributed by atoms with Crippen LogP contribution in [0.2, 0.25) is 36.3 Å². The second-order valence-electron chi connectivity index (χ2n) is 15.4. The number of rotatable bonds is 17. The first-order valence-corrected chi connectivity index (χ1v) is 22.3. The Morgan fingerprint density at radius 2 is 1.70 bits per heavy atom. The quantitative estimate of drug-likeness (QED) is 0.0809. The van der Waals surface area contributed by atoms with E-state index >= 15 is 0 Å². The van der Waals surface area contributed by atoms with E-state index in [1.807, 2.05) is 12.2 Å². The Bertz CT molecular complexity index is 1050. The fraction of sp³-hybridized carbons (Fsp3) is 0.649. The molecule has 242 valence electrons. The minimum absolute atomic E-state index is 0.0143. The van der Waals surface area contributed by atoms with E-state index in [-0.39, 0.29) is 40.1 Å². The number of hydrogen-bond acceptors (Lipinski definition) is 4. The average Bonchev–Trinajstić information content (AvgIpc) is 3.19. The monoisotopic (exact) mass is 626 g/mol. The van der Waals surface area contributed by atoms with E-state index in [1.165, 1.54) is 5.56 Å². The molecule has 1 aliphatic rings. The molecular formula is C37H62O4Si2. The van der Waals surface area contributed by atoms with Gasteiger partial charge in [-0.05, 0) is 86.3 Å². The van der Waals surface area contributed by atoms with Gasteiger partial charge in [-0.1, -0.05) is 89.3 Å². The van der Waals surface area contributed by atoms with Crippen LogP contribution in [0, 0.1) is 17.8 Å². The van der Waals surface area contributed by atoms with Gasteiger partial charge < -0.3 is 14.0 Å². The highest BCUT2D eigenvalue weighted by atomic mass is 28.4. The number of aryl methyl sites for hydroxylation is 1. The van der Waals surface area contributed by atoms with Crippen molar-refractivity contribution in [3.8, 4) is 0 Å². The molecule has 0 bridgehead atoms. The van der Waals surface area contributed by atoms with Crippen molar-refractivity contribution in [3.05, 3.63) is 73.4 Å². The van der Waals surface area contributed by atoms with E-state index in [0.717, 1.165) is 38.5 Å². The zero-order valence-electron chi connectivity index (χ0n) is 28.8. The van der Waals surface area contributed by atoms with Crippen LogP contribution in [0.4, 0.5) is 0 Å². The standard InChI is InChI=1S/C37H62O4Si2/c1-12-14-16-22-35(38)40-33-27-34(41-43(10,11)36(3,4)5)32(31(33)19-13-2)26-25-30(28-37(6,7)42(8,9)39)24-23-29-20-17-15-18-21-29/h12-13,15,17-18,20-21,25-26,30-34,39H,1-2,14,16,19,22-24,27-28H2,3-11H3/b26-25+/t30-,31+,32+,33-,34+/m0/s1. The van der Waals surface area contributed by atoms with Crippen LogP contribution in [0.5, 0.6) is 0 Å². The molecule has 5 atom stereocenters. The molecule has 0 heterocycles. The molecule has 0 saturated heterocycles. The van der Waals surface area contributed by atoms with E-state index in [2.05, 4.69) is 116 Å². The summed E-state index contributed by atoms with van der Waals surface area (Å²) in [5, 5.41) is -0.0519. The first-order chi connectivity index (χ1) is 19.9. The van der Waals surface area contributed by atoms with Crippen molar-refractivity contribution in [2.75, 3.05) is 0 Å². The summed E-state index contributed by atoms with van der Waals surface area (Å²) in [7, 11) is -4.46. The molecule has 4 nitrogen and oxygen atoms in total. The Balaban J connectivity index is 2.43. The zero-order valence-corrected chi connectivity index (χ0v) is 30.8. The van der Waals surface area contributed by atoms with Gasteiger partial charge in [0, 0.05) is 24.7 Å². The smallest absolute Gasteiger partial charge is 0.306 e. The molecule has 2 rings (SSSR count). The Kier molecular flexibility index (Phi) is 13.9. The SMILES string of the molecule is C=CCCCC(=O)O[C@H]1C[C@@H](O[Si](C)(C)C(C)(C)C)[C@H](/C=C/[C@H](CCc2ccccc2)CC(C)(C)[Si](C)(C)O)[C@H]1CC=C. The first-order valence-electron chi connectivity index (χ1n) is 16.5. The molecular weight excluding hydrogens is 565 g/mol. The molecule has 0 spiro atoms. The minimum atomic E-state index is -2.38. The summed E-state index contributed by atoms with van der Waals surface area (Å²) in [6.07, 6.45) is 14.8. The van der Waals surface area contributed by atoms with Crippen molar-refractivity contribution in [2.45, 2.75) is 134 Å². The predicted octanol–water partition coefficient (Wildman–Crippen LogP) is 10.0. The zero-order chi connectivity index (χ0) is 32.5. The summed E-state index contributed by atoms with van der Waals surface area (Å²) in [5.41, 5.74) is 1.34. The van der Waals surface area contributed by atoms with E-state index < -0.39 is 16.6 Å². The number of carbonyl (C=O) groups is 1. The molecule has 0 radical (unpaired) electrons. The van der Waals surface area contributed by atoms with Crippen molar-refractivity contribution >= 4 is 22.6 Å². The first kappa shape index (κ1) is 37.5. The lowest BCUT2D eigenvalue weighted by atomic mass is 9.86. The number of benzene rings is 1. The summed E-state index contributed by atoms with van der Waals surface area (Å²) in [6.45, 7) is 27.9. The third kappa shape index (κ3) is 11.3. The molecule has 1 aromatic rings. The molecule has 1 aliphatic carbocycles. The maximum atomic E-state index is 12.9. The fourth-order valence-corrected chi connectivity index (χ4v) is 7.87. The maximum absolute atomic E-state index is 12.9. The van der Waals surface area contributed by atoms with Crippen molar-refractivity contribution < 1.29 is 18.8 Å². The maximum Gasteiger partial charge on any atom is 0.306 e. The highest BCUT2D eigenvalue weighted by Crippen LogP contribution is 2.46. The van der Waals surface area contributed by atoms with E-state index in [9.17, 15) is 9.59 Å². The highest BCUT2D eigenvalue weighted by Gasteiger charge is 2.48. The fourth-order valence-electron chi connectivity index (χ4n) is 5.74. The number of unbranched alkanes of at least 4 members (excludes halogenated alkanes) is 1. The molecule has 1 fully saturated rings. The Labute approximate surface area is 266 Å². The molecule has 0 unspecified atom stereocenters. The molecule has 6 heteroatoms. The van der Waals surface area contributed by atoms with Crippen molar-refractivity contribution in [3.63, 3.8) is 0 Å². The van der Waals surface area contributed by atoms with Crippen LogP contribution >= 0.6 is 0 Å². The summed E-state index contributed by atoms with van der Waals surface area (Å²) in [6, 6.07) is 10.7. The van der Waals surface area contributed by atoms with Crippen molar-refractivity contribution in [1.29, 1.82) is 0 Å². The van der Waals surface area contributed by atoms with Crippen LogP contribution in [0.1, 0.15) is 85.1 Å². The Morgan fingerprint density at radius 3 is 2.26 bits per heavy atom. The van der Waals surface area contributed by atoms with Gasteiger partial charge in [0.05, 0.1) is 6.10 Å². The molecule has 0 aliphatic heterocycles. The van der Waals surface area contributed by atoms with Gasteiger partial charge in [-0.2, -0.15) is 0 Å². The van der Waals surface area contributed by atoms with Gasteiger partial charge >= 0.3 is 5.97 Å². The van der Waals surface area contributed by atoms with Gasteiger partial charge in [-0.25, -0.2) is 0 Å². The van der Waals surface area contributed by atoms with Gasteiger partial charge in [0.2, 0.25) is 0 Å². The largest absolute Gasteiger partial charge is 0.462 e. The van der Waals surface area contributed by atoms with Crippen LogP contribution in [-0.2, 0) is 20.4 Å². The molecule has 1 saturated carbocycles. The van der Waals surface area contributed by atoms with Crippen LogP contribution in [0.3, 0.4) is 0 Å². The predicted molar refractivity (Wildman–Crippen MR) is 188 cm³/mol. The number of hydrogen-bond donors (Lipinski definition) is 1. The Morgan fingerprint density at radius 1 is 1.05 bits per heavy atom. The number of esters is 1. The van der Waals surface area contributed by atoms with Crippen LogP contribution in [0.15, 0.2) is 67.8 Å². The molecule has 43 heavy (non-hydrogen) atoms. The molecule has 1 N–H and O–H groups in total. The second-order valence-corrected chi connectivity index (χ2v) is 24.7. The lowest BCUT2D eigenvalue weighted by molar-refractivity contribution is -0.151. The summed E-state index contributed by atoms with van der Waals surface area (Å²) in [5.74, 6) is 0.430. The third-order valence-electron chi connectivity index (χ3n) is 10.3. The number of carbonyl (C=O) groups excluding carboxylic acids is 1. The van der Waals surface area contributed by atoms with E-state index in [0.29, 0.717) is 18.8 Å². The minimum Gasteiger partial charge on any atom is -0.462 e. The lowest BCUT2D eigenvalue weighted by Gasteiger charge is -2.40.